The molecule has 0 aliphatic carbocycles. The summed E-state index contributed by atoms with van der Waals surface area (Å²) in [6.45, 7) is 7.89. The van der Waals surface area contributed by atoms with Crippen LogP contribution in [0.2, 0.25) is 5.82 Å². The van der Waals surface area contributed by atoms with Crippen molar-refractivity contribution in [2.75, 3.05) is 11.5 Å². The predicted molar refractivity (Wildman–Crippen MR) is 58.5 cm³/mol. The van der Waals surface area contributed by atoms with Crippen LogP contribution in [0.25, 0.3) is 0 Å². The van der Waals surface area contributed by atoms with Gasteiger partial charge in [-0.2, -0.15) is 0 Å². The van der Waals surface area contributed by atoms with E-state index in [2.05, 4.69) is 0 Å². The molecule has 0 aromatic carbocycles. The molecule has 2 heterocycles. The van der Waals surface area contributed by atoms with Crippen molar-refractivity contribution in [1.82, 2.24) is 0 Å². The highest BCUT2D eigenvalue weighted by atomic mass is 32.2. The van der Waals surface area contributed by atoms with Crippen LogP contribution < -0.4 is 0 Å². The molecule has 0 radical (unpaired) electrons. The molecule has 0 amide bonds. The fourth-order valence-electron chi connectivity index (χ4n) is 1.84. The van der Waals surface area contributed by atoms with Crippen molar-refractivity contribution >= 4 is 17.0 Å². The highest BCUT2D eigenvalue weighted by Gasteiger charge is 2.57. The Kier molecular flexibility index (Phi) is 2.27. The Morgan fingerprint density at radius 1 is 1.07 bits per heavy atom. The molecule has 2 aliphatic heterocycles. The van der Waals surface area contributed by atoms with Gasteiger partial charge in [0.2, 0.25) is 0 Å². The maximum absolute atomic E-state index is 11.1. The van der Waals surface area contributed by atoms with Gasteiger partial charge in [-0.3, -0.25) is 0 Å². The lowest BCUT2D eigenvalue weighted by Crippen LogP contribution is -2.43. The maximum atomic E-state index is 11.1. The number of rotatable bonds is 1. The van der Waals surface area contributed by atoms with E-state index in [-0.39, 0.29) is 35.6 Å². The van der Waals surface area contributed by atoms with E-state index in [0.29, 0.717) is 0 Å². The van der Waals surface area contributed by atoms with Crippen LogP contribution in [0.15, 0.2) is 0 Å². The fraction of sp³-hybridized carbons (Fsp3) is 1.00. The average Bonchev–Trinajstić information content (AvgIpc) is 2.16. The molecule has 0 atom stereocenters. The van der Waals surface area contributed by atoms with E-state index >= 15 is 0 Å². The molecule has 4 nitrogen and oxygen atoms in total. The van der Waals surface area contributed by atoms with Gasteiger partial charge in [0.05, 0.1) is 22.7 Å². The van der Waals surface area contributed by atoms with Gasteiger partial charge in [0, 0.05) is 5.82 Å². The van der Waals surface area contributed by atoms with Crippen molar-refractivity contribution < 1.29 is 17.7 Å². The molecule has 2 fully saturated rings. The third-order valence-corrected chi connectivity index (χ3v) is 5.46. The summed E-state index contributed by atoms with van der Waals surface area (Å²) in [4.78, 5) is 0. The van der Waals surface area contributed by atoms with Gasteiger partial charge < -0.3 is 9.31 Å². The zero-order valence-electron chi connectivity index (χ0n) is 9.61. The van der Waals surface area contributed by atoms with E-state index in [1.165, 1.54) is 0 Å². The second-order valence-electron chi connectivity index (χ2n) is 5.46. The first-order valence-electron chi connectivity index (χ1n) is 5.19. The molecule has 0 saturated carbocycles. The molecule has 0 N–H and O–H groups in total. The van der Waals surface area contributed by atoms with Crippen LogP contribution in [0, 0.1) is 0 Å². The molecule has 0 aromatic heterocycles. The van der Waals surface area contributed by atoms with E-state index < -0.39 is 9.84 Å². The second-order valence-corrected chi connectivity index (χ2v) is 7.62. The van der Waals surface area contributed by atoms with Gasteiger partial charge in [-0.1, -0.05) is 0 Å². The minimum absolute atomic E-state index is 0.0102. The van der Waals surface area contributed by atoms with Gasteiger partial charge in [-0.05, 0) is 27.7 Å². The largest absolute Gasteiger partial charge is 0.463 e. The van der Waals surface area contributed by atoms with Crippen molar-refractivity contribution in [3.05, 3.63) is 0 Å². The lowest BCUT2D eigenvalue weighted by atomic mass is 9.74. The molecule has 0 unspecified atom stereocenters. The minimum Gasteiger partial charge on any atom is -0.403 e. The number of hydrogen-bond acceptors (Lipinski definition) is 4. The molecule has 86 valence electrons. The smallest absolute Gasteiger partial charge is 0.403 e. The van der Waals surface area contributed by atoms with Crippen LogP contribution in [0.5, 0.6) is 0 Å². The van der Waals surface area contributed by atoms with Gasteiger partial charge in [-0.15, -0.1) is 0 Å². The van der Waals surface area contributed by atoms with Gasteiger partial charge >= 0.3 is 7.12 Å². The molecule has 15 heavy (non-hydrogen) atoms. The summed E-state index contributed by atoms with van der Waals surface area (Å²) in [5.74, 6) is 0.407. The first-order chi connectivity index (χ1) is 6.63. The number of hydrogen-bond donors (Lipinski definition) is 0. The average molecular weight is 232 g/mol. The third kappa shape index (κ3) is 1.83. The van der Waals surface area contributed by atoms with Crippen LogP contribution in [0.4, 0.5) is 0 Å². The quantitative estimate of drug-likeness (QED) is 0.629. The van der Waals surface area contributed by atoms with Gasteiger partial charge in [0.25, 0.3) is 0 Å². The molecule has 0 aromatic rings. The summed E-state index contributed by atoms with van der Waals surface area (Å²) in [6, 6.07) is 0. The Morgan fingerprint density at radius 3 is 1.80 bits per heavy atom. The summed E-state index contributed by atoms with van der Waals surface area (Å²) in [6.07, 6.45) is 0. The predicted octanol–water partition coefficient (Wildman–Crippen LogP) is 0.877. The van der Waals surface area contributed by atoms with Crippen LogP contribution in [-0.2, 0) is 19.1 Å². The van der Waals surface area contributed by atoms with Crippen LogP contribution in [-0.4, -0.2) is 38.2 Å². The highest BCUT2D eigenvalue weighted by molar-refractivity contribution is 7.93. The number of sulfone groups is 1. The monoisotopic (exact) mass is 232 g/mol. The van der Waals surface area contributed by atoms with E-state index in [0.717, 1.165) is 0 Å². The Labute approximate surface area is 91.4 Å². The van der Waals surface area contributed by atoms with Crippen LogP contribution in [0.3, 0.4) is 0 Å². The Balaban J connectivity index is 2.05. The van der Waals surface area contributed by atoms with Crippen LogP contribution >= 0.6 is 0 Å². The van der Waals surface area contributed by atoms with Gasteiger partial charge in [0.1, 0.15) is 9.84 Å². The summed E-state index contributed by atoms with van der Waals surface area (Å²) in [5, 5.41) is 0. The highest BCUT2D eigenvalue weighted by Crippen LogP contribution is 2.42. The van der Waals surface area contributed by atoms with Gasteiger partial charge in [0.15, 0.2) is 0 Å². The Morgan fingerprint density at radius 2 is 1.47 bits per heavy atom. The minimum atomic E-state index is -2.80. The first kappa shape index (κ1) is 11.4. The summed E-state index contributed by atoms with van der Waals surface area (Å²) in [5.41, 5.74) is -0.728. The molecule has 0 spiro atoms. The van der Waals surface area contributed by atoms with E-state index in [4.69, 9.17) is 9.31 Å². The fourth-order valence-corrected chi connectivity index (χ4v) is 3.36. The lowest BCUT2D eigenvalue weighted by Gasteiger charge is -2.32. The van der Waals surface area contributed by atoms with Crippen molar-refractivity contribution in [1.29, 1.82) is 0 Å². The maximum Gasteiger partial charge on any atom is 0.463 e. The van der Waals surface area contributed by atoms with E-state index in [1.807, 2.05) is 27.7 Å². The zero-order valence-corrected chi connectivity index (χ0v) is 10.4. The molecular formula is C9H17BO4S. The van der Waals surface area contributed by atoms with Crippen molar-refractivity contribution in [2.45, 2.75) is 44.7 Å². The topological polar surface area (TPSA) is 52.6 Å². The van der Waals surface area contributed by atoms with E-state index in [1.54, 1.807) is 0 Å². The van der Waals surface area contributed by atoms with Crippen molar-refractivity contribution in [2.24, 2.45) is 0 Å². The summed E-state index contributed by atoms with van der Waals surface area (Å²) in [7, 11) is -3.17. The van der Waals surface area contributed by atoms with Crippen molar-refractivity contribution in [3.63, 3.8) is 0 Å². The lowest BCUT2D eigenvalue weighted by molar-refractivity contribution is 0.00578. The summed E-state index contributed by atoms with van der Waals surface area (Å²) >= 11 is 0. The molecule has 2 aliphatic rings. The SMILES string of the molecule is CC1(C)OB(C2CS(=O)(=O)C2)OC1(C)C. The van der Waals surface area contributed by atoms with E-state index in [9.17, 15) is 8.42 Å². The normalized spacial score (nSPS) is 32.7. The van der Waals surface area contributed by atoms with Gasteiger partial charge in [-0.25, -0.2) is 8.42 Å². The summed E-state index contributed by atoms with van der Waals surface area (Å²) < 4.78 is 33.7. The molecule has 2 saturated heterocycles. The standard InChI is InChI=1S/C9H17BO4S/c1-8(2)9(3,4)14-10(13-8)7-5-15(11,12)6-7/h7H,5-6H2,1-4H3. The van der Waals surface area contributed by atoms with Crippen molar-refractivity contribution in [3.8, 4) is 0 Å². The molecule has 2 rings (SSSR count). The molecule has 6 heteroatoms. The second kappa shape index (κ2) is 2.99. The first-order valence-corrected chi connectivity index (χ1v) is 7.01. The third-order valence-electron chi connectivity index (χ3n) is 3.59. The van der Waals surface area contributed by atoms with Crippen LogP contribution in [0.1, 0.15) is 27.7 Å². The zero-order chi connectivity index (χ0) is 11.5. The Hall–Kier alpha value is -0.0651. The molecule has 0 bridgehead atoms. The Bertz CT molecular complexity index is 346. The molecular weight excluding hydrogens is 215 g/mol.